The summed E-state index contributed by atoms with van der Waals surface area (Å²) in [6.45, 7) is 5.11. The molecule has 2 aromatic rings. The van der Waals surface area contributed by atoms with Crippen molar-refractivity contribution < 1.29 is 4.79 Å². The minimum absolute atomic E-state index is 0.201. The first-order valence-corrected chi connectivity index (χ1v) is 6.21. The first-order valence-electron chi connectivity index (χ1n) is 6.21. The zero-order valence-electron chi connectivity index (χ0n) is 11.2. The van der Waals surface area contributed by atoms with E-state index in [2.05, 4.69) is 10.3 Å². The highest BCUT2D eigenvalue weighted by Crippen LogP contribution is 2.19. The highest BCUT2D eigenvalue weighted by atomic mass is 16.1. The molecule has 0 saturated carbocycles. The van der Waals surface area contributed by atoms with Crippen molar-refractivity contribution in [3.8, 4) is 0 Å². The first-order chi connectivity index (χ1) is 9.11. The number of aryl methyl sites for hydroxylation is 2. The van der Waals surface area contributed by atoms with Crippen molar-refractivity contribution in [2.24, 2.45) is 5.73 Å². The van der Waals surface area contributed by atoms with Gasteiger partial charge in [0.15, 0.2) is 0 Å². The lowest BCUT2D eigenvalue weighted by Gasteiger charge is -2.10. The van der Waals surface area contributed by atoms with E-state index < -0.39 is 0 Å². The van der Waals surface area contributed by atoms with Crippen molar-refractivity contribution in [2.75, 3.05) is 11.9 Å². The van der Waals surface area contributed by atoms with Gasteiger partial charge in [-0.25, -0.2) is 4.98 Å². The summed E-state index contributed by atoms with van der Waals surface area (Å²) in [5.74, 6) is -0.201. The van der Waals surface area contributed by atoms with E-state index in [-0.39, 0.29) is 5.91 Å². The van der Waals surface area contributed by atoms with Gasteiger partial charge in [-0.15, -0.1) is 0 Å². The standard InChI is InChI=1S/C14H18N4O/c1-10-4-3-5-11(2)13(10)17-14(19)12-8-18(7-6-15)9-16-12/h3-5,8-9H,6-7,15H2,1-2H3,(H,17,19). The monoisotopic (exact) mass is 258 g/mol. The number of nitrogens with two attached hydrogens (primary N) is 1. The minimum Gasteiger partial charge on any atom is -0.335 e. The number of hydrogen-bond acceptors (Lipinski definition) is 3. The second-order valence-corrected chi connectivity index (χ2v) is 4.51. The van der Waals surface area contributed by atoms with E-state index in [1.54, 1.807) is 17.1 Å². The summed E-state index contributed by atoms with van der Waals surface area (Å²) in [6, 6.07) is 5.90. The molecule has 0 radical (unpaired) electrons. The van der Waals surface area contributed by atoms with E-state index in [0.717, 1.165) is 16.8 Å². The molecule has 0 bridgehead atoms. The Kier molecular flexibility index (Phi) is 3.97. The summed E-state index contributed by atoms with van der Waals surface area (Å²) in [4.78, 5) is 16.2. The third kappa shape index (κ3) is 3.00. The van der Waals surface area contributed by atoms with Gasteiger partial charge in [-0.2, -0.15) is 0 Å². The molecular weight excluding hydrogens is 240 g/mol. The van der Waals surface area contributed by atoms with E-state index in [4.69, 9.17) is 5.73 Å². The second-order valence-electron chi connectivity index (χ2n) is 4.51. The number of imidazole rings is 1. The Morgan fingerprint density at radius 3 is 2.68 bits per heavy atom. The number of nitrogens with zero attached hydrogens (tertiary/aromatic N) is 2. The molecule has 0 spiro atoms. The highest BCUT2D eigenvalue weighted by Gasteiger charge is 2.12. The molecule has 0 unspecified atom stereocenters. The topological polar surface area (TPSA) is 72.9 Å². The Labute approximate surface area is 112 Å². The van der Waals surface area contributed by atoms with Crippen LogP contribution in [0.3, 0.4) is 0 Å². The zero-order valence-corrected chi connectivity index (χ0v) is 11.2. The maximum Gasteiger partial charge on any atom is 0.275 e. The summed E-state index contributed by atoms with van der Waals surface area (Å²) in [5, 5.41) is 2.90. The molecule has 1 aromatic carbocycles. The fourth-order valence-electron chi connectivity index (χ4n) is 1.94. The average molecular weight is 258 g/mol. The molecule has 100 valence electrons. The van der Waals surface area contributed by atoms with Gasteiger partial charge >= 0.3 is 0 Å². The molecule has 0 fully saturated rings. The van der Waals surface area contributed by atoms with Gasteiger partial charge in [-0.05, 0) is 25.0 Å². The van der Waals surface area contributed by atoms with Crippen LogP contribution in [0.5, 0.6) is 0 Å². The van der Waals surface area contributed by atoms with Crippen molar-refractivity contribution in [2.45, 2.75) is 20.4 Å². The number of carbonyl (C=O) groups is 1. The Morgan fingerprint density at radius 2 is 2.05 bits per heavy atom. The van der Waals surface area contributed by atoms with Crippen LogP contribution in [0, 0.1) is 13.8 Å². The number of benzene rings is 1. The summed E-state index contributed by atoms with van der Waals surface area (Å²) in [7, 11) is 0. The van der Waals surface area contributed by atoms with Crippen molar-refractivity contribution in [3.05, 3.63) is 47.5 Å². The minimum atomic E-state index is -0.201. The van der Waals surface area contributed by atoms with Gasteiger partial charge in [0.25, 0.3) is 5.91 Å². The molecule has 0 aliphatic heterocycles. The first kappa shape index (κ1) is 13.3. The van der Waals surface area contributed by atoms with Crippen LogP contribution in [0.15, 0.2) is 30.7 Å². The molecule has 19 heavy (non-hydrogen) atoms. The van der Waals surface area contributed by atoms with E-state index in [1.165, 1.54) is 0 Å². The van der Waals surface area contributed by atoms with Gasteiger partial charge < -0.3 is 15.6 Å². The van der Waals surface area contributed by atoms with Gasteiger partial charge in [0.1, 0.15) is 5.69 Å². The van der Waals surface area contributed by atoms with Gasteiger partial charge in [-0.1, -0.05) is 18.2 Å². The predicted octanol–water partition coefficient (Wildman–Crippen LogP) is 1.71. The molecule has 0 atom stereocenters. The molecule has 5 heteroatoms. The number of rotatable bonds is 4. The van der Waals surface area contributed by atoms with Crippen LogP contribution in [-0.4, -0.2) is 22.0 Å². The average Bonchev–Trinajstić information content (AvgIpc) is 2.83. The Hall–Kier alpha value is -2.14. The van der Waals surface area contributed by atoms with Crippen molar-refractivity contribution in [3.63, 3.8) is 0 Å². The van der Waals surface area contributed by atoms with Crippen LogP contribution in [0.4, 0.5) is 5.69 Å². The number of anilines is 1. The predicted molar refractivity (Wildman–Crippen MR) is 75.2 cm³/mol. The molecule has 1 aromatic heterocycles. The van der Waals surface area contributed by atoms with Gasteiger partial charge in [0, 0.05) is 25.0 Å². The van der Waals surface area contributed by atoms with Crippen LogP contribution in [0.1, 0.15) is 21.6 Å². The molecular formula is C14H18N4O. The van der Waals surface area contributed by atoms with Crippen molar-refractivity contribution >= 4 is 11.6 Å². The summed E-state index contributed by atoms with van der Waals surface area (Å²) in [6.07, 6.45) is 3.32. The van der Waals surface area contributed by atoms with Crippen molar-refractivity contribution in [1.29, 1.82) is 0 Å². The van der Waals surface area contributed by atoms with Gasteiger partial charge in [0.2, 0.25) is 0 Å². The smallest absolute Gasteiger partial charge is 0.275 e. The fourth-order valence-corrected chi connectivity index (χ4v) is 1.94. The molecule has 2 rings (SSSR count). The molecule has 0 saturated heterocycles. The van der Waals surface area contributed by atoms with Crippen LogP contribution in [0.2, 0.25) is 0 Å². The molecule has 1 amide bonds. The summed E-state index contributed by atoms with van der Waals surface area (Å²) >= 11 is 0. The lowest BCUT2D eigenvalue weighted by Crippen LogP contribution is -2.14. The Balaban J connectivity index is 2.16. The van der Waals surface area contributed by atoms with Crippen LogP contribution in [-0.2, 0) is 6.54 Å². The number of carbonyl (C=O) groups excluding carboxylic acids is 1. The third-order valence-corrected chi connectivity index (χ3v) is 2.97. The fraction of sp³-hybridized carbons (Fsp3) is 0.286. The van der Waals surface area contributed by atoms with E-state index >= 15 is 0 Å². The van der Waals surface area contributed by atoms with E-state index in [9.17, 15) is 4.79 Å². The number of amides is 1. The maximum atomic E-state index is 12.1. The van der Waals surface area contributed by atoms with E-state index in [0.29, 0.717) is 18.8 Å². The van der Waals surface area contributed by atoms with Gasteiger partial charge in [-0.3, -0.25) is 4.79 Å². The lowest BCUT2D eigenvalue weighted by atomic mass is 10.1. The molecule has 0 aliphatic rings. The largest absolute Gasteiger partial charge is 0.335 e. The number of nitrogens with one attached hydrogen (secondary N) is 1. The second kappa shape index (κ2) is 5.67. The molecule has 5 nitrogen and oxygen atoms in total. The van der Waals surface area contributed by atoms with Crippen LogP contribution in [0.25, 0.3) is 0 Å². The van der Waals surface area contributed by atoms with Crippen LogP contribution >= 0.6 is 0 Å². The SMILES string of the molecule is Cc1cccc(C)c1NC(=O)c1cn(CCN)cn1. The summed E-state index contributed by atoms with van der Waals surface area (Å²) in [5.41, 5.74) is 8.78. The van der Waals surface area contributed by atoms with Gasteiger partial charge in [0.05, 0.1) is 6.33 Å². The lowest BCUT2D eigenvalue weighted by molar-refractivity contribution is 0.102. The summed E-state index contributed by atoms with van der Waals surface area (Å²) < 4.78 is 1.81. The van der Waals surface area contributed by atoms with Crippen LogP contribution < -0.4 is 11.1 Å². The molecule has 0 aliphatic carbocycles. The maximum absolute atomic E-state index is 12.1. The van der Waals surface area contributed by atoms with Crippen molar-refractivity contribution in [1.82, 2.24) is 9.55 Å². The zero-order chi connectivity index (χ0) is 13.8. The normalized spacial score (nSPS) is 10.5. The molecule has 1 heterocycles. The quantitative estimate of drug-likeness (QED) is 0.876. The number of para-hydroxylation sites is 1. The van der Waals surface area contributed by atoms with E-state index in [1.807, 2.05) is 32.0 Å². The Morgan fingerprint density at radius 1 is 1.37 bits per heavy atom. The molecule has 3 N–H and O–H groups in total. The number of aromatic nitrogens is 2. The Bertz CT molecular complexity index is 569. The highest BCUT2D eigenvalue weighted by molar-refractivity contribution is 6.03. The number of hydrogen-bond donors (Lipinski definition) is 2. The third-order valence-electron chi connectivity index (χ3n) is 2.97.